The van der Waals surface area contributed by atoms with Crippen LogP contribution in [-0.4, -0.2) is 18.3 Å². The van der Waals surface area contributed by atoms with Gasteiger partial charge >= 0.3 is 7.12 Å². The molecule has 0 saturated carbocycles. The van der Waals surface area contributed by atoms with Crippen molar-refractivity contribution < 1.29 is 9.31 Å². The Morgan fingerprint density at radius 2 is 0.976 bits per heavy atom. The molecule has 5 rings (SSSR count). The van der Waals surface area contributed by atoms with E-state index < -0.39 is 18.3 Å². The number of benzene rings is 4. The summed E-state index contributed by atoms with van der Waals surface area (Å²) in [4.78, 5) is 0. The summed E-state index contributed by atoms with van der Waals surface area (Å²) in [5, 5.41) is 18.4. The quantitative estimate of drug-likeness (QED) is 0.147. The second kappa shape index (κ2) is 11.4. The van der Waals surface area contributed by atoms with Crippen molar-refractivity contribution in [3.63, 3.8) is 0 Å². The second-order valence-corrected chi connectivity index (χ2v) is 11.1. The molecule has 1 heterocycles. The second-order valence-electron chi connectivity index (χ2n) is 11.1. The molecule has 4 nitrogen and oxygen atoms in total. The van der Waals surface area contributed by atoms with E-state index in [1.54, 1.807) is 6.08 Å². The minimum atomic E-state index is -0.431. The maximum atomic E-state index is 9.18. The predicted octanol–water partition coefficient (Wildman–Crippen LogP) is 7.42. The van der Waals surface area contributed by atoms with Gasteiger partial charge in [0, 0.05) is 0 Å². The Morgan fingerprint density at radius 3 is 1.39 bits per heavy atom. The lowest BCUT2D eigenvalue weighted by Crippen LogP contribution is -2.41. The molecule has 41 heavy (non-hydrogen) atoms. The lowest BCUT2D eigenvalue weighted by Gasteiger charge is -2.32. The summed E-state index contributed by atoms with van der Waals surface area (Å²) < 4.78 is 12.6. The van der Waals surface area contributed by atoms with Crippen molar-refractivity contribution in [3.05, 3.63) is 143 Å². The Balaban J connectivity index is 1.66. The molecule has 0 atom stereocenters. The van der Waals surface area contributed by atoms with Gasteiger partial charge < -0.3 is 9.31 Å². The molecule has 4 aromatic carbocycles. The van der Waals surface area contributed by atoms with E-state index in [9.17, 15) is 10.5 Å². The lowest BCUT2D eigenvalue weighted by atomic mass is 9.77. The summed E-state index contributed by atoms with van der Waals surface area (Å²) in [5.41, 5.74) is 7.47. The highest BCUT2D eigenvalue weighted by molar-refractivity contribution is 6.62. The van der Waals surface area contributed by atoms with Gasteiger partial charge in [-0.05, 0) is 78.2 Å². The summed E-state index contributed by atoms with van der Waals surface area (Å²) >= 11 is 0. The van der Waals surface area contributed by atoms with Crippen LogP contribution in [0.25, 0.3) is 17.2 Å². The average molecular weight is 534 g/mol. The Labute approximate surface area is 243 Å². The zero-order valence-electron chi connectivity index (χ0n) is 23.8. The van der Waals surface area contributed by atoms with Gasteiger partial charge in [-0.2, -0.15) is 10.5 Å². The number of hydrogen-bond acceptors (Lipinski definition) is 4. The minimum absolute atomic E-state index is 0.0728. The van der Waals surface area contributed by atoms with Gasteiger partial charge in [-0.25, -0.2) is 0 Å². The van der Waals surface area contributed by atoms with E-state index in [2.05, 4.69) is 88.4 Å². The Morgan fingerprint density at radius 1 is 0.585 bits per heavy atom. The van der Waals surface area contributed by atoms with Crippen LogP contribution in [0.15, 0.2) is 115 Å². The van der Waals surface area contributed by atoms with E-state index in [-0.39, 0.29) is 5.57 Å². The molecule has 0 N–H and O–H groups in total. The fraction of sp³-hybridized carbons (Fsp3) is 0.167. The first-order valence-corrected chi connectivity index (χ1v) is 13.7. The van der Waals surface area contributed by atoms with E-state index in [1.807, 2.05) is 60.7 Å². The van der Waals surface area contributed by atoms with Crippen LogP contribution in [0.4, 0.5) is 0 Å². The average Bonchev–Trinajstić information content (AvgIpc) is 3.22. The van der Waals surface area contributed by atoms with Crippen LogP contribution in [-0.2, 0) is 9.31 Å². The third kappa shape index (κ3) is 5.79. The molecule has 1 saturated heterocycles. The molecule has 0 radical (unpaired) electrons. The molecule has 4 aromatic rings. The van der Waals surface area contributed by atoms with Gasteiger partial charge in [0.15, 0.2) is 0 Å². The van der Waals surface area contributed by atoms with E-state index in [1.165, 1.54) is 0 Å². The number of nitriles is 2. The largest absolute Gasteiger partial charge is 0.494 e. The van der Waals surface area contributed by atoms with Crippen molar-refractivity contribution in [2.75, 3.05) is 0 Å². The third-order valence-corrected chi connectivity index (χ3v) is 7.85. The van der Waals surface area contributed by atoms with Crippen molar-refractivity contribution in [1.82, 2.24) is 0 Å². The normalized spacial score (nSPS) is 15.8. The monoisotopic (exact) mass is 534 g/mol. The van der Waals surface area contributed by atoms with Gasteiger partial charge in [-0.1, -0.05) is 109 Å². The van der Waals surface area contributed by atoms with E-state index in [4.69, 9.17) is 9.31 Å². The molecule has 0 amide bonds. The highest BCUT2D eigenvalue weighted by Crippen LogP contribution is 2.38. The Kier molecular flexibility index (Phi) is 7.78. The van der Waals surface area contributed by atoms with Crippen LogP contribution in [0.1, 0.15) is 55.5 Å². The van der Waals surface area contributed by atoms with E-state index in [0.29, 0.717) is 0 Å². The van der Waals surface area contributed by atoms with Crippen molar-refractivity contribution >= 4 is 29.8 Å². The zero-order valence-corrected chi connectivity index (χ0v) is 23.8. The molecule has 1 aliphatic rings. The van der Waals surface area contributed by atoms with E-state index in [0.717, 1.165) is 44.4 Å². The van der Waals surface area contributed by atoms with Crippen LogP contribution in [0.3, 0.4) is 0 Å². The standard InChI is InChI=1S/C36H31BN2O2/c1-35(2)36(3,4)41-37(40-35)32-21-19-31(20-22-32)34(29-13-9-6-10-14-29)33(28-11-7-5-8-12-28)30-17-15-26(16-18-30)23-27(24-38)25-39/h5-23H,1-4H3. The summed E-state index contributed by atoms with van der Waals surface area (Å²) in [7, 11) is -0.431. The summed E-state index contributed by atoms with van der Waals surface area (Å²) in [6.45, 7) is 8.25. The molecular formula is C36H31BN2O2. The number of hydrogen-bond donors (Lipinski definition) is 0. The predicted molar refractivity (Wildman–Crippen MR) is 166 cm³/mol. The molecule has 200 valence electrons. The number of allylic oxidation sites excluding steroid dienone is 1. The van der Waals surface area contributed by atoms with E-state index >= 15 is 0 Å². The SMILES string of the molecule is CC1(C)OB(c2ccc(C(=C(c3ccccc3)c3ccc(C=C(C#N)C#N)cc3)c3ccccc3)cc2)OC1(C)C. The van der Waals surface area contributed by atoms with Crippen molar-refractivity contribution in [2.24, 2.45) is 0 Å². The smallest absolute Gasteiger partial charge is 0.399 e. The molecular weight excluding hydrogens is 503 g/mol. The summed E-state index contributed by atoms with van der Waals surface area (Å²) in [5.74, 6) is 0. The molecule has 0 aliphatic carbocycles. The summed E-state index contributed by atoms with van der Waals surface area (Å²) in [6, 6.07) is 41.0. The lowest BCUT2D eigenvalue weighted by molar-refractivity contribution is 0.00578. The molecule has 0 spiro atoms. The molecule has 1 aliphatic heterocycles. The van der Waals surface area contributed by atoms with Gasteiger partial charge in [-0.3, -0.25) is 0 Å². The Hall–Kier alpha value is -4.68. The first kappa shape index (κ1) is 27.9. The van der Waals surface area contributed by atoms with Gasteiger partial charge in [0.25, 0.3) is 0 Å². The maximum Gasteiger partial charge on any atom is 0.494 e. The summed E-state index contributed by atoms with van der Waals surface area (Å²) in [6.07, 6.45) is 1.60. The number of nitrogens with zero attached hydrogens (tertiary/aromatic N) is 2. The Bertz CT molecular complexity index is 1640. The van der Waals surface area contributed by atoms with Gasteiger partial charge in [0.05, 0.1) is 11.2 Å². The fourth-order valence-electron chi connectivity index (χ4n) is 4.91. The van der Waals surface area contributed by atoms with Crippen LogP contribution in [0, 0.1) is 22.7 Å². The zero-order chi connectivity index (χ0) is 29.0. The van der Waals surface area contributed by atoms with Crippen molar-refractivity contribution in [3.8, 4) is 12.1 Å². The first-order valence-electron chi connectivity index (χ1n) is 13.7. The first-order chi connectivity index (χ1) is 19.7. The third-order valence-electron chi connectivity index (χ3n) is 7.85. The molecule has 5 heteroatoms. The minimum Gasteiger partial charge on any atom is -0.399 e. The highest BCUT2D eigenvalue weighted by Gasteiger charge is 2.51. The number of rotatable bonds is 6. The van der Waals surface area contributed by atoms with Gasteiger partial charge in [0.1, 0.15) is 17.7 Å². The molecule has 0 bridgehead atoms. The van der Waals surface area contributed by atoms with Crippen LogP contribution in [0.2, 0.25) is 0 Å². The van der Waals surface area contributed by atoms with Crippen molar-refractivity contribution in [2.45, 2.75) is 38.9 Å². The van der Waals surface area contributed by atoms with Gasteiger partial charge in [-0.15, -0.1) is 0 Å². The highest BCUT2D eigenvalue weighted by atomic mass is 16.7. The maximum absolute atomic E-state index is 9.18. The van der Waals surface area contributed by atoms with Gasteiger partial charge in [0.2, 0.25) is 0 Å². The van der Waals surface area contributed by atoms with Crippen LogP contribution >= 0.6 is 0 Å². The van der Waals surface area contributed by atoms with Crippen LogP contribution < -0.4 is 5.46 Å². The van der Waals surface area contributed by atoms with Crippen LogP contribution in [0.5, 0.6) is 0 Å². The molecule has 0 aromatic heterocycles. The topological polar surface area (TPSA) is 66.0 Å². The molecule has 1 fully saturated rings. The fourth-order valence-corrected chi connectivity index (χ4v) is 4.91. The van der Waals surface area contributed by atoms with Crippen molar-refractivity contribution in [1.29, 1.82) is 10.5 Å². The molecule has 0 unspecified atom stereocenters.